The second-order valence-electron chi connectivity index (χ2n) is 2.92. The van der Waals surface area contributed by atoms with Crippen molar-refractivity contribution in [2.75, 3.05) is 19.6 Å². The smallest absolute Gasteiger partial charge is 0.0733 e. The van der Waals surface area contributed by atoms with Gasteiger partial charge in [-0.05, 0) is 19.4 Å². The summed E-state index contributed by atoms with van der Waals surface area (Å²) in [6.45, 7) is 7.57. The van der Waals surface area contributed by atoms with Crippen molar-refractivity contribution < 1.29 is 0 Å². The van der Waals surface area contributed by atoms with Gasteiger partial charge in [0.1, 0.15) is 0 Å². The molecule has 11 heavy (non-hydrogen) atoms. The van der Waals surface area contributed by atoms with Crippen LogP contribution in [0, 0.1) is 0 Å². The van der Waals surface area contributed by atoms with Gasteiger partial charge < -0.3 is 5.32 Å². The molecule has 3 heteroatoms. The molecule has 0 saturated carbocycles. The van der Waals surface area contributed by atoms with Gasteiger partial charge in [0.05, 0.1) is 6.17 Å². The highest BCUT2D eigenvalue weighted by molar-refractivity contribution is 4.73. The summed E-state index contributed by atoms with van der Waals surface area (Å²) in [4.78, 5) is 0. The van der Waals surface area contributed by atoms with Crippen molar-refractivity contribution >= 4 is 0 Å². The third-order valence-electron chi connectivity index (χ3n) is 2.05. The van der Waals surface area contributed by atoms with E-state index in [4.69, 9.17) is 0 Å². The third kappa shape index (κ3) is 2.43. The quantitative estimate of drug-likeness (QED) is 0.624. The normalized spacial score (nSPS) is 26.2. The summed E-state index contributed by atoms with van der Waals surface area (Å²) in [5, 5.41) is 5.75. The third-order valence-corrected chi connectivity index (χ3v) is 2.05. The molecule has 1 aliphatic rings. The average Bonchev–Trinajstić information content (AvgIpc) is 2.39. The summed E-state index contributed by atoms with van der Waals surface area (Å²) < 4.78 is 0. The zero-order valence-corrected chi connectivity index (χ0v) is 7.56. The lowest BCUT2D eigenvalue weighted by atomic mass is 10.3. The summed E-state index contributed by atoms with van der Waals surface area (Å²) in [6, 6.07) is 0. The van der Waals surface area contributed by atoms with Crippen molar-refractivity contribution in [2.24, 2.45) is 0 Å². The van der Waals surface area contributed by atoms with Crippen LogP contribution >= 0.6 is 0 Å². The van der Waals surface area contributed by atoms with E-state index >= 15 is 0 Å². The molecule has 0 amide bonds. The van der Waals surface area contributed by atoms with E-state index in [9.17, 15) is 0 Å². The van der Waals surface area contributed by atoms with E-state index in [1.54, 1.807) is 0 Å². The van der Waals surface area contributed by atoms with Gasteiger partial charge in [-0.25, -0.2) is 5.01 Å². The van der Waals surface area contributed by atoms with E-state index in [1.807, 2.05) is 0 Å². The van der Waals surface area contributed by atoms with Crippen molar-refractivity contribution in [1.82, 2.24) is 15.8 Å². The van der Waals surface area contributed by atoms with Crippen LogP contribution < -0.4 is 10.7 Å². The Labute approximate surface area is 69.1 Å². The number of nitrogens with one attached hydrogen (secondary N) is 2. The molecule has 3 nitrogen and oxygen atoms in total. The largest absolute Gasteiger partial charge is 0.301 e. The summed E-state index contributed by atoms with van der Waals surface area (Å²) in [5.41, 5.74) is 3.35. The van der Waals surface area contributed by atoms with Gasteiger partial charge in [-0.2, -0.15) is 0 Å². The van der Waals surface area contributed by atoms with Gasteiger partial charge in [-0.1, -0.05) is 13.8 Å². The fourth-order valence-corrected chi connectivity index (χ4v) is 1.61. The first-order chi connectivity index (χ1) is 5.38. The summed E-state index contributed by atoms with van der Waals surface area (Å²) in [5.74, 6) is 0. The Hall–Kier alpha value is -0.120. The molecule has 1 fully saturated rings. The lowest BCUT2D eigenvalue weighted by Crippen LogP contribution is -2.48. The van der Waals surface area contributed by atoms with Crippen LogP contribution in [0.3, 0.4) is 0 Å². The number of hydrogen-bond donors (Lipinski definition) is 2. The Morgan fingerprint density at radius 2 is 2.18 bits per heavy atom. The molecule has 0 bridgehead atoms. The highest BCUT2D eigenvalue weighted by Crippen LogP contribution is 2.11. The maximum Gasteiger partial charge on any atom is 0.0733 e. The predicted molar refractivity (Wildman–Crippen MR) is 47.1 cm³/mol. The summed E-state index contributed by atoms with van der Waals surface area (Å²) in [7, 11) is 0. The Balaban J connectivity index is 2.25. The minimum atomic E-state index is 0.569. The van der Waals surface area contributed by atoms with Gasteiger partial charge in [-0.15, -0.1) is 0 Å². The lowest BCUT2D eigenvalue weighted by molar-refractivity contribution is 0.150. The summed E-state index contributed by atoms with van der Waals surface area (Å²) in [6.07, 6.45) is 3.16. The monoisotopic (exact) mass is 157 g/mol. The van der Waals surface area contributed by atoms with Crippen molar-refractivity contribution in [3.8, 4) is 0 Å². The van der Waals surface area contributed by atoms with Crippen molar-refractivity contribution in [3.05, 3.63) is 0 Å². The zero-order valence-electron chi connectivity index (χ0n) is 7.56. The van der Waals surface area contributed by atoms with E-state index in [2.05, 4.69) is 29.6 Å². The molecule has 1 atom stereocenters. The van der Waals surface area contributed by atoms with E-state index in [0.29, 0.717) is 6.17 Å². The first kappa shape index (κ1) is 8.97. The number of hydrazine groups is 1. The maximum atomic E-state index is 3.44. The molecule has 1 heterocycles. The molecule has 0 aromatic heterocycles. The van der Waals surface area contributed by atoms with Crippen LogP contribution in [0.4, 0.5) is 0 Å². The topological polar surface area (TPSA) is 27.3 Å². The molecule has 2 N–H and O–H groups in total. The highest BCUT2D eigenvalue weighted by Gasteiger charge is 2.21. The molecule has 0 spiro atoms. The number of rotatable bonds is 4. The van der Waals surface area contributed by atoms with Gasteiger partial charge in [0, 0.05) is 13.1 Å². The molecule has 0 radical (unpaired) electrons. The van der Waals surface area contributed by atoms with E-state index in [1.165, 1.54) is 19.4 Å². The van der Waals surface area contributed by atoms with E-state index in [-0.39, 0.29) is 0 Å². The van der Waals surface area contributed by atoms with Crippen LogP contribution in [0.25, 0.3) is 0 Å². The van der Waals surface area contributed by atoms with Gasteiger partial charge in [-0.3, -0.25) is 5.43 Å². The lowest BCUT2D eigenvalue weighted by Gasteiger charge is -2.24. The first-order valence-electron chi connectivity index (χ1n) is 4.62. The SMILES string of the molecule is CCNC1CCCN1NCC. The van der Waals surface area contributed by atoms with Crippen molar-refractivity contribution in [2.45, 2.75) is 32.9 Å². The maximum absolute atomic E-state index is 3.44. The molecular formula is C8H19N3. The fourth-order valence-electron chi connectivity index (χ4n) is 1.61. The standard InChI is InChI=1S/C8H19N3/c1-3-9-8-6-5-7-11(8)10-4-2/h8-10H,3-7H2,1-2H3. The molecule has 1 unspecified atom stereocenters. The van der Waals surface area contributed by atoms with Crippen molar-refractivity contribution in [1.29, 1.82) is 0 Å². The van der Waals surface area contributed by atoms with Crippen LogP contribution in [0.1, 0.15) is 26.7 Å². The Kier molecular flexibility index (Phi) is 3.83. The number of hydrogen-bond acceptors (Lipinski definition) is 3. The fraction of sp³-hybridized carbons (Fsp3) is 1.00. The Morgan fingerprint density at radius 3 is 2.82 bits per heavy atom. The molecule has 1 rings (SSSR count). The van der Waals surface area contributed by atoms with Gasteiger partial charge in [0.25, 0.3) is 0 Å². The van der Waals surface area contributed by atoms with Crippen LogP contribution in [0.5, 0.6) is 0 Å². The molecule has 1 aliphatic heterocycles. The van der Waals surface area contributed by atoms with Crippen LogP contribution in [-0.4, -0.2) is 30.8 Å². The first-order valence-corrected chi connectivity index (χ1v) is 4.62. The molecule has 0 aromatic rings. The van der Waals surface area contributed by atoms with Crippen molar-refractivity contribution in [3.63, 3.8) is 0 Å². The van der Waals surface area contributed by atoms with Crippen LogP contribution in [0.15, 0.2) is 0 Å². The van der Waals surface area contributed by atoms with Gasteiger partial charge in [0.2, 0.25) is 0 Å². The van der Waals surface area contributed by atoms with E-state index in [0.717, 1.165) is 13.1 Å². The van der Waals surface area contributed by atoms with Crippen LogP contribution in [0.2, 0.25) is 0 Å². The molecule has 0 aromatic carbocycles. The van der Waals surface area contributed by atoms with E-state index < -0.39 is 0 Å². The highest BCUT2D eigenvalue weighted by atomic mass is 15.6. The molecule has 1 saturated heterocycles. The molecule has 0 aliphatic carbocycles. The van der Waals surface area contributed by atoms with Gasteiger partial charge in [0.15, 0.2) is 0 Å². The zero-order chi connectivity index (χ0) is 8.10. The minimum Gasteiger partial charge on any atom is -0.301 e. The molecule has 66 valence electrons. The van der Waals surface area contributed by atoms with Crippen LogP contribution in [-0.2, 0) is 0 Å². The van der Waals surface area contributed by atoms with Gasteiger partial charge >= 0.3 is 0 Å². The average molecular weight is 157 g/mol. The Morgan fingerprint density at radius 1 is 1.36 bits per heavy atom. The second-order valence-corrected chi connectivity index (χ2v) is 2.92. The second kappa shape index (κ2) is 4.70. The number of nitrogens with zero attached hydrogens (tertiary/aromatic N) is 1. The Bertz CT molecular complexity index is 93.5. The minimum absolute atomic E-state index is 0.569. The molecular weight excluding hydrogens is 138 g/mol. The predicted octanol–water partition coefficient (Wildman–Crippen LogP) is 0.542. The summed E-state index contributed by atoms with van der Waals surface area (Å²) >= 11 is 0.